The molecule has 0 spiro atoms. The van der Waals surface area contributed by atoms with Gasteiger partial charge in [-0.15, -0.1) is 0 Å². The highest BCUT2D eigenvalue weighted by molar-refractivity contribution is 7.89. The van der Waals surface area contributed by atoms with Crippen LogP contribution in [0.2, 0.25) is 0 Å². The van der Waals surface area contributed by atoms with Gasteiger partial charge in [0.25, 0.3) is 5.88 Å². The highest BCUT2D eigenvalue weighted by atomic mass is 32.2. The van der Waals surface area contributed by atoms with Gasteiger partial charge in [0.05, 0.1) is 18.0 Å². The minimum Gasteiger partial charge on any atom is -0.494 e. The topological polar surface area (TPSA) is 105 Å². The molecule has 0 aliphatic carbocycles. The molecular formula is C18H20N4O4S. The normalized spacial score (nSPS) is 17.4. The Labute approximate surface area is 158 Å². The van der Waals surface area contributed by atoms with Crippen molar-refractivity contribution < 1.29 is 17.9 Å². The predicted octanol–water partition coefficient (Wildman–Crippen LogP) is 1.90. The van der Waals surface area contributed by atoms with Gasteiger partial charge in [-0.05, 0) is 44.0 Å². The third-order valence-electron chi connectivity index (χ3n) is 4.24. The molecule has 0 amide bonds. The molecule has 8 nitrogen and oxygen atoms in total. The van der Waals surface area contributed by atoms with E-state index in [9.17, 15) is 8.42 Å². The van der Waals surface area contributed by atoms with Crippen molar-refractivity contribution in [3.05, 3.63) is 41.9 Å². The molecule has 1 saturated heterocycles. The number of hydrogen-bond acceptors (Lipinski definition) is 7. The summed E-state index contributed by atoms with van der Waals surface area (Å²) in [5, 5.41) is 9.06. The summed E-state index contributed by atoms with van der Waals surface area (Å²) in [7, 11) is -3.64. The van der Waals surface area contributed by atoms with Crippen LogP contribution >= 0.6 is 0 Å². The third kappa shape index (κ3) is 4.02. The third-order valence-corrected chi connectivity index (χ3v) is 6.10. The lowest BCUT2D eigenvalue weighted by Crippen LogP contribution is -2.31. The summed E-state index contributed by atoms with van der Waals surface area (Å²) in [6, 6.07) is 6.76. The number of hydrogen-bond donors (Lipinski definition) is 0. The Morgan fingerprint density at radius 1 is 1.33 bits per heavy atom. The number of ether oxygens (including phenoxy) is 2. The van der Waals surface area contributed by atoms with Crippen molar-refractivity contribution in [2.45, 2.75) is 31.3 Å². The molecule has 2 aromatic rings. The van der Waals surface area contributed by atoms with Crippen LogP contribution in [-0.4, -0.2) is 48.5 Å². The Hall–Kier alpha value is -2.70. The first-order valence-corrected chi connectivity index (χ1v) is 10.0. The maximum Gasteiger partial charge on any atom is 0.251 e. The molecule has 0 radical (unpaired) electrons. The molecule has 3 rings (SSSR count). The molecular weight excluding hydrogens is 368 g/mol. The Kier molecular flexibility index (Phi) is 5.58. The second-order valence-corrected chi connectivity index (χ2v) is 8.01. The summed E-state index contributed by atoms with van der Waals surface area (Å²) in [6.07, 6.45) is 2.97. The van der Waals surface area contributed by atoms with Gasteiger partial charge in [-0.25, -0.2) is 18.4 Å². The summed E-state index contributed by atoms with van der Waals surface area (Å²) in [6.45, 7) is 4.74. The zero-order valence-electron chi connectivity index (χ0n) is 15.1. The van der Waals surface area contributed by atoms with E-state index in [2.05, 4.69) is 9.97 Å². The quantitative estimate of drug-likeness (QED) is 0.744. The van der Waals surface area contributed by atoms with E-state index in [0.29, 0.717) is 25.3 Å². The van der Waals surface area contributed by atoms with Crippen molar-refractivity contribution in [2.75, 3.05) is 19.7 Å². The van der Waals surface area contributed by atoms with E-state index in [-0.39, 0.29) is 29.1 Å². The van der Waals surface area contributed by atoms with E-state index in [0.717, 1.165) is 5.56 Å². The van der Waals surface area contributed by atoms with E-state index in [1.807, 2.05) is 19.9 Å². The minimum atomic E-state index is -3.64. The van der Waals surface area contributed by atoms with E-state index >= 15 is 0 Å². The molecule has 27 heavy (non-hydrogen) atoms. The second-order valence-electron chi connectivity index (χ2n) is 6.07. The lowest BCUT2D eigenvalue weighted by atomic mass is 10.2. The zero-order valence-corrected chi connectivity index (χ0v) is 15.9. The van der Waals surface area contributed by atoms with Gasteiger partial charge in [0.15, 0.2) is 0 Å². The largest absolute Gasteiger partial charge is 0.494 e. The molecule has 1 fully saturated rings. The van der Waals surface area contributed by atoms with Crippen molar-refractivity contribution in [1.29, 1.82) is 5.26 Å². The van der Waals surface area contributed by atoms with E-state index in [1.165, 1.54) is 16.7 Å². The number of aryl methyl sites for hydroxylation is 1. The summed E-state index contributed by atoms with van der Waals surface area (Å²) in [5.41, 5.74) is 0.851. The van der Waals surface area contributed by atoms with Crippen LogP contribution in [0, 0.1) is 18.3 Å². The zero-order chi connectivity index (χ0) is 19.4. The van der Waals surface area contributed by atoms with Crippen molar-refractivity contribution in [3.8, 4) is 17.7 Å². The molecule has 0 unspecified atom stereocenters. The number of sulfonamides is 1. The molecule has 0 saturated carbocycles. The lowest BCUT2D eigenvalue weighted by Gasteiger charge is -2.18. The average molecular weight is 388 g/mol. The summed E-state index contributed by atoms with van der Waals surface area (Å²) < 4.78 is 38.4. The molecule has 0 bridgehead atoms. The molecule has 1 aromatic heterocycles. The molecule has 1 aromatic carbocycles. The van der Waals surface area contributed by atoms with Crippen LogP contribution in [0.25, 0.3) is 0 Å². The SMILES string of the molecule is CCOc1ccc(S(=O)(=O)N2CC[C@@H](Oc3nccnc3C#N)C2)cc1C. The van der Waals surface area contributed by atoms with Crippen LogP contribution in [0.1, 0.15) is 24.6 Å². The molecule has 1 atom stereocenters. The van der Waals surface area contributed by atoms with Gasteiger partial charge in [0.1, 0.15) is 17.9 Å². The molecule has 0 N–H and O–H groups in total. The first-order valence-electron chi connectivity index (χ1n) is 8.57. The fraction of sp³-hybridized carbons (Fsp3) is 0.389. The Balaban J connectivity index is 1.74. The van der Waals surface area contributed by atoms with Crippen LogP contribution in [-0.2, 0) is 10.0 Å². The number of aromatic nitrogens is 2. The first-order chi connectivity index (χ1) is 13.0. The van der Waals surface area contributed by atoms with Crippen molar-refractivity contribution in [2.24, 2.45) is 0 Å². The van der Waals surface area contributed by atoms with E-state index < -0.39 is 10.0 Å². The maximum absolute atomic E-state index is 12.9. The second kappa shape index (κ2) is 7.90. The molecule has 142 valence electrons. The van der Waals surface area contributed by atoms with Gasteiger partial charge in [-0.2, -0.15) is 9.57 Å². The van der Waals surface area contributed by atoms with Crippen LogP contribution in [0.3, 0.4) is 0 Å². The average Bonchev–Trinajstić information content (AvgIpc) is 3.13. The monoisotopic (exact) mass is 388 g/mol. The van der Waals surface area contributed by atoms with Crippen LogP contribution in [0.5, 0.6) is 11.6 Å². The fourth-order valence-corrected chi connectivity index (χ4v) is 4.48. The highest BCUT2D eigenvalue weighted by Crippen LogP contribution is 2.27. The Bertz CT molecular complexity index is 972. The molecule has 1 aliphatic heterocycles. The number of nitrogens with zero attached hydrogens (tertiary/aromatic N) is 4. The van der Waals surface area contributed by atoms with E-state index in [4.69, 9.17) is 14.7 Å². The Morgan fingerprint density at radius 2 is 2.11 bits per heavy atom. The number of benzene rings is 1. The van der Waals surface area contributed by atoms with Gasteiger partial charge < -0.3 is 9.47 Å². The predicted molar refractivity (Wildman–Crippen MR) is 96.9 cm³/mol. The summed E-state index contributed by atoms with van der Waals surface area (Å²) in [4.78, 5) is 8.13. The summed E-state index contributed by atoms with van der Waals surface area (Å²) >= 11 is 0. The van der Waals surface area contributed by atoms with Gasteiger partial charge in [-0.3, -0.25) is 0 Å². The van der Waals surface area contributed by atoms with Gasteiger partial charge in [-0.1, -0.05) is 0 Å². The van der Waals surface area contributed by atoms with Crippen molar-refractivity contribution >= 4 is 10.0 Å². The van der Waals surface area contributed by atoms with Crippen LogP contribution < -0.4 is 9.47 Å². The van der Waals surface area contributed by atoms with Gasteiger partial charge in [0.2, 0.25) is 15.7 Å². The van der Waals surface area contributed by atoms with Gasteiger partial charge in [0, 0.05) is 18.9 Å². The van der Waals surface area contributed by atoms with Crippen molar-refractivity contribution in [1.82, 2.24) is 14.3 Å². The molecule has 9 heteroatoms. The Morgan fingerprint density at radius 3 is 2.81 bits per heavy atom. The fourth-order valence-electron chi connectivity index (χ4n) is 2.91. The first kappa shape index (κ1) is 19.1. The van der Waals surface area contributed by atoms with Crippen LogP contribution in [0.4, 0.5) is 0 Å². The molecule has 2 heterocycles. The molecule has 1 aliphatic rings. The van der Waals surface area contributed by atoms with Crippen LogP contribution in [0.15, 0.2) is 35.5 Å². The van der Waals surface area contributed by atoms with E-state index in [1.54, 1.807) is 18.2 Å². The standard InChI is InChI=1S/C18H20N4O4S/c1-3-25-17-5-4-15(10-13(17)2)27(23,24)22-9-6-14(12-22)26-18-16(11-19)20-7-8-21-18/h4-5,7-8,10,14H,3,6,9,12H2,1-2H3/t14-/m1/s1. The minimum absolute atomic E-state index is 0.0842. The maximum atomic E-state index is 12.9. The highest BCUT2D eigenvalue weighted by Gasteiger charge is 2.34. The number of nitriles is 1. The lowest BCUT2D eigenvalue weighted by molar-refractivity contribution is 0.205. The van der Waals surface area contributed by atoms with Crippen molar-refractivity contribution in [3.63, 3.8) is 0 Å². The number of rotatable bonds is 6. The summed E-state index contributed by atoms with van der Waals surface area (Å²) in [5.74, 6) is 0.798. The van der Waals surface area contributed by atoms with Gasteiger partial charge >= 0.3 is 0 Å². The smallest absolute Gasteiger partial charge is 0.251 e.